The molecule has 1 N–H and O–H groups in total. The lowest BCUT2D eigenvalue weighted by molar-refractivity contribution is -0.0227. The van der Waals surface area contributed by atoms with Gasteiger partial charge >= 0.3 is 0 Å². The lowest BCUT2D eigenvalue weighted by Gasteiger charge is -2.33. The second-order valence-corrected chi connectivity index (χ2v) is 6.76. The van der Waals surface area contributed by atoms with Crippen molar-refractivity contribution in [2.45, 2.75) is 6.10 Å². The topological polar surface area (TPSA) is 63.7 Å². The Kier molecular flexibility index (Phi) is 5.12. The molecular formula is C22H23N3O3. The second kappa shape index (κ2) is 7.86. The lowest BCUT2D eigenvalue weighted by Crippen LogP contribution is -2.42. The van der Waals surface area contributed by atoms with Gasteiger partial charge in [-0.15, -0.1) is 0 Å². The summed E-state index contributed by atoms with van der Waals surface area (Å²) >= 11 is 0. The predicted octanol–water partition coefficient (Wildman–Crippen LogP) is 3.50. The first-order chi connectivity index (χ1) is 13.7. The molecule has 1 aliphatic rings. The molecule has 28 heavy (non-hydrogen) atoms. The van der Waals surface area contributed by atoms with Crippen molar-refractivity contribution >= 4 is 22.5 Å². The molecule has 1 unspecified atom stereocenters. The number of aromatic nitrogens is 1. The standard InChI is InChI=1S/C22H23N3O3/c1-23-21-13-18(7-8-24-21)22(26)25-9-10-28-20(14-25)17-4-3-16-12-19(27-2)6-5-15(16)11-17/h3-8,11-13,20H,9-10,14H2,1-2H3,(H,23,24). The number of carbonyl (C=O) groups excluding carboxylic acids is 1. The van der Waals surface area contributed by atoms with Crippen LogP contribution in [0.5, 0.6) is 5.75 Å². The van der Waals surface area contributed by atoms with E-state index in [1.54, 1.807) is 32.5 Å². The van der Waals surface area contributed by atoms with Gasteiger partial charge in [-0.25, -0.2) is 4.98 Å². The molecule has 2 aromatic carbocycles. The highest BCUT2D eigenvalue weighted by atomic mass is 16.5. The molecule has 1 fully saturated rings. The fraction of sp³-hybridized carbons (Fsp3) is 0.273. The summed E-state index contributed by atoms with van der Waals surface area (Å²) in [5.74, 6) is 1.52. The number of benzene rings is 2. The summed E-state index contributed by atoms with van der Waals surface area (Å²) in [6.45, 7) is 1.62. The zero-order chi connectivity index (χ0) is 19.5. The third-order valence-electron chi connectivity index (χ3n) is 5.06. The Labute approximate surface area is 164 Å². The number of nitrogens with one attached hydrogen (secondary N) is 1. The summed E-state index contributed by atoms with van der Waals surface area (Å²) in [5.41, 5.74) is 1.70. The molecular weight excluding hydrogens is 354 g/mol. The van der Waals surface area contributed by atoms with Gasteiger partial charge in [0, 0.05) is 25.4 Å². The lowest BCUT2D eigenvalue weighted by atomic mass is 10.0. The van der Waals surface area contributed by atoms with Gasteiger partial charge in [0.25, 0.3) is 5.91 Å². The molecule has 1 amide bonds. The van der Waals surface area contributed by atoms with Crippen LogP contribution in [0.1, 0.15) is 22.0 Å². The average Bonchev–Trinajstić information content (AvgIpc) is 2.78. The summed E-state index contributed by atoms with van der Waals surface area (Å²) in [5, 5.41) is 5.21. The molecule has 6 heteroatoms. The van der Waals surface area contributed by atoms with Crippen LogP contribution in [0.2, 0.25) is 0 Å². The number of ether oxygens (including phenoxy) is 2. The molecule has 1 aromatic heterocycles. The Morgan fingerprint density at radius 3 is 2.82 bits per heavy atom. The predicted molar refractivity (Wildman–Crippen MR) is 109 cm³/mol. The van der Waals surface area contributed by atoms with Crippen molar-refractivity contribution in [3.8, 4) is 5.75 Å². The minimum Gasteiger partial charge on any atom is -0.497 e. The number of pyridine rings is 1. The van der Waals surface area contributed by atoms with E-state index in [0.29, 0.717) is 31.1 Å². The molecule has 144 valence electrons. The summed E-state index contributed by atoms with van der Waals surface area (Å²) in [7, 11) is 3.45. The number of fused-ring (bicyclic) bond motifs is 1. The molecule has 6 nitrogen and oxygen atoms in total. The van der Waals surface area contributed by atoms with Crippen molar-refractivity contribution < 1.29 is 14.3 Å². The van der Waals surface area contributed by atoms with E-state index >= 15 is 0 Å². The SMILES string of the molecule is CNc1cc(C(=O)N2CCOC(c3ccc4cc(OC)ccc4c3)C2)ccn1. The molecule has 1 atom stereocenters. The normalized spacial score (nSPS) is 16.8. The Morgan fingerprint density at radius 2 is 2.00 bits per heavy atom. The molecule has 1 aliphatic heterocycles. The molecule has 4 rings (SSSR count). The number of amides is 1. The molecule has 0 saturated carbocycles. The molecule has 0 aliphatic carbocycles. The summed E-state index contributed by atoms with van der Waals surface area (Å²) in [6.07, 6.45) is 1.50. The number of anilines is 1. The van der Waals surface area contributed by atoms with Crippen molar-refractivity contribution in [2.75, 3.05) is 39.2 Å². The van der Waals surface area contributed by atoms with E-state index in [0.717, 1.165) is 22.1 Å². The summed E-state index contributed by atoms with van der Waals surface area (Å²) in [4.78, 5) is 19.0. The minimum absolute atomic E-state index is 0.00211. The maximum Gasteiger partial charge on any atom is 0.254 e. The van der Waals surface area contributed by atoms with Crippen molar-refractivity contribution in [3.63, 3.8) is 0 Å². The number of morpholine rings is 1. The van der Waals surface area contributed by atoms with Gasteiger partial charge in [0.2, 0.25) is 0 Å². The van der Waals surface area contributed by atoms with Gasteiger partial charge < -0.3 is 19.7 Å². The fourth-order valence-corrected chi connectivity index (χ4v) is 3.49. The summed E-state index contributed by atoms with van der Waals surface area (Å²) in [6, 6.07) is 15.8. The number of carbonyl (C=O) groups is 1. The van der Waals surface area contributed by atoms with Crippen LogP contribution in [-0.2, 0) is 4.74 Å². The van der Waals surface area contributed by atoms with Crippen LogP contribution < -0.4 is 10.1 Å². The van der Waals surface area contributed by atoms with Crippen LogP contribution in [-0.4, -0.2) is 49.6 Å². The van der Waals surface area contributed by atoms with Crippen LogP contribution >= 0.6 is 0 Å². The quantitative estimate of drug-likeness (QED) is 0.754. The van der Waals surface area contributed by atoms with Crippen LogP contribution in [0.3, 0.4) is 0 Å². The van der Waals surface area contributed by atoms with E-state index in [1.807, 2.05) is 23.1 Å². The number of hydrogen-bond donors (Lipinski definition) is 1. The van der Waals surface area contributed by atoms with Gasteiger partial charge in [-0.1, -0.05) is 18.2 Å². The van der Waals surface area contributed by atoms with E-state index in [4.69, 9.17) is 9.47 Å². The van der Waals surface area contributed by atoms with Crippen LogP contribution in [0.15, 0.2) is 54.7 Å². The molecule has 1 saturated heterocycles. The van der Waals surface area contributed by atoms with E-state index in [-0.39, 0.29) is 12.0 Å². The second-order valence-electron chi connectivity index (χ2n) is 6.76. The largest absolute Gasteiger partial charge is 0.497 e. The fourth-order valence-electron chi connectivity index (χ4n) is 3.49. The Balaban J connectivity index is 1.54. The van der Waals surface area contributed by atoms with Gasteiger partial charge in [-0.05, 0) is 46.7 Å². The van der Waals surface area contributed by atoms with E-state index in [2.05, 4.69) is 28.5 Å². The highest BCUT2D eigenvalue weighted by Crippen LogP contribution is 2.28. The maximum atomic E-state index is 12.9. The molecule has 2 heterocycles. The van der Waals surface area contributed by atoms with Gasteiger partial charge in [0.05, 0.1) is 20.3 Å². The first-order valence-corrected chi connectivity index (χ1v) is 9.30. The number of nitrogens with zero attached hydrogens (tertiary/aromatic N) is 2. The first-order valence-electron chi connectivity index (χ1n) is 9.30. The number of methoxy groups -OCH3 is 1. The highest BCUT2D eigenvalue weighted by Gasteiger charge is 2.26. The van der Waals surface area contributed by atoms with E-state index in [1.165, 1.54) is 0 Å². The molecule has 0 bridgehead atoms. The van der Waals surface area contributed by atoms with Crippen molar-refractivity contribution in [1.82, 2.24) is 9.88 Å². The van der Waals surface area contributed by atoms with Crippen molar-refractivity contribution in [3.05, 3.63) is 65.9 Å². The van der Waals surface area contributed by atoms with Crippen LogP contribution in [0.4, 0.5) is 5.82 Å². The van der Waals surface area contributed by atoms with Crippen LogP contribution in [0, 0.1) is 0 Å². The smallest absolute Gasteiger partial charge is 0.254 e. The monoisotopic (exact) mass is 377 g/mol. The van der Waals surface area contributed by atoms with Crippen LogP contribution in [0.25, 0.3) is 10.8 Å². The first kappa shape index (κ1) is 18.3. The van der Waals surface area contributed by atoms with Gasteiger partial charge in [0.15, 0.2) is 0 Å². The van der Waals surface area contributed by atoms with Gasteiger partial charge in [0.1, 0.15) is 17.7 Å². The van der Waals surface area contributed by atoms with E-state index in [9.17, 15) is 4.79 Å². The Bertz CT molecular complexity index is 1010. The maximum absolute atomic E-state index is 12.9. The average molecular weight is 377 g/mol. The Morgan fingerprint density at radius 1 is 1.18 bits per heavy atom. The molecule has 3 aromatic rings. The Hall–Kier alpha value is -3.12. The minimum atomic E-state index is -0.144. The zero-order valence-electron chi connectivity index (χ0n) is 16.0. The van der Waals surface area contributed by atoms with Gasteiger partial charge in [-0.3, -0.25) is 4.79 Å². The third-order valence-corrected chi connectivity index (χ3v) is 5.06. The number of rotatable bonds is 4. The zero-order valence-corrected chi connectivity index (χ0v) is 16.0. The number of hydrogen-bond acceptors (Lipinski definition) is 5. The molecule has 0 radical (unpaired) electrons. The van der Waals surface area contributed by atoms with Crippen molar-refractivity contribution in [2.24, 2.45) is 0 Å². The van der Waals surface area contributed by atoms with Crippen molar-refractivity contribution in [1.29, 1.82) is 0 Å². The highest BCUT2D eigenvalue weighted by molar-refractivity contribution is 5.95. The van der Waals surface area contributed by atoms with Gasteiger partial charge in [-0.2, -0.15) is 0 Å². The molecule has 0 spiro atoms. The summed E-state index contributed by atoms with van der Waals surface area (Å²) < 4.78 is 11.3. The third kappa shape index (κ3) is 3.64. The van der Waals surface area contributed by atoms with E-state index < -0.39 is 0 Å².